The second kappa shape index (κ2) is 7.74. The fourth-order valence-corrected chi connectivity index (χ4v) is 2.61. The second-order valence-electron chi connectivity index (χ2n) is 5.48. The number of amides is 1. The Labute approximate surface area is 150 Å². The first-order valence-corrected chi connectivity index (χ1v) is 8.41. The van der Waals surface area contributed by atoms with E-state index in [4.69, 9.17) is 19.3 Å². The van der Waals surface area contributed by atoms with Crippen molar-refractivity contribution in [3.8, 4) is 11.5 Å². The molecule has 134 valence electrons. The summed E-state index contributed by atoms with van der Waals surface area (Å²) in [5.41, 5.74) is 0.904. The highest BCUT2D eigenvalue weighted by molar-refractivity contribution is 6.06. The summed E-state index contributed by atoms with van der Waals surface area (Å²) in [6.45, 7) is 4.72. The Kier molecular flexibility index (Phi) is 5.22. The summed E-state index contributed by atoms with van der Waals surface area (Å²) in [5.74, 6) is 0.688. The Morgan fingerprint density at radius 2 is 1.73 bits per heavy atom. The van der Waals surface area contributed by atoms with Crippen LogP contribution in [0.2, 0.25) is 0 Å². The summed E-state index contributed by atoms with van der Waals surface area (Å²) in [5, 5.41) is 11.6. The molecule has 2 N–H and O–H groups in total. The molecule has 2 aromatic carbocycles. The topological polar surface area (TPSA) is 84.6 Å². The molecule has 6 nitrogen and oxygen atoms in total. The van der Waals surface area contributed by atoms with Gasteiger partial charge in [-0.1, -0.05) is 24.3 Å². The van der Waals surface area contributed by atoms with Gasteiger partial charge in [0.1, 0.15) is 11.3 Å². The largest absolute Gasteiger partial charge is 0.492 e. The van der Waals surface area contributed by atoms with Crippen molar-refractivity contribution < 1.29 is 18.7 Å². The summed E-state index contributed by atoms with van der Waals surface area (Å²) >= 11 is 0. The minimum Gasteiger partial charge on any atom is -0.492 e. The van der Waals surface area contributed by atoms with Gasteiger partial charge in [-0.25, -0.2) is 0 Å². The van der Waals surface area contributed by atoms with Gasteiger partial charge in [0.05, 0.1) is 18.9 Å². The van der Waals surface area contributed by atoms with E-state index in [1.54, 1.807) is 30.3 Å². The van der Waals surface area contributed by atoms with Crippen molar-refractivity contribution in [1.82, 2.24) is 0 Å². The number of carbonyl (C=O) groups is 1. The normalized spacial score (nSPS) is 10.5. The zero-order valence-electron chi connectivity index (χ0n) is 14.7. The van der Waals surface area contributed by atoms with Gasteiger partial charge in [0.2, 0.25) is 5.55 Å². The average molecular weight is 352 g/mol. The van der Waals surface area contributed by atoms with Gasteiger partial charge in [-0.2, -0.15) is 0 Å². The highest BCUT2D eigenvalue weighted by atomic mass is 16.5. The van der Waals surface area contributed by atoms with E-state index >= 15 is 0 Å². The molecule has 0 spiro atoms. The molecule has 0 unspecified atom stereocenters. The third-order valence-electron chi connectivity index (χ3n) is 3.74. The van der Waals surface area contributed by atoms with Crippen LogP contribution in [0, 0.1) is 5.41 Å². The van der Waals surface area contributed by atoms with Crippen LogP contribution < -0.4 is 20.3 Å². The molecule has 3 rings (SSSR count). The van der Waals surface area contributed by atoms with Gasteiger partial charge < -0.3 is 19.2 Å². The molecule has 0 aliphatic carbocycles. The standard InChI is InChI=1S/C20H20N2O4/c1-3-24-16-10-6-5-9-15(16)22-20(23)14-12-13-8-7-11-17(25-4-2)18(13)26-19(14)21/h5-12,21H,3-4H2,1-2H3,(H,22,23). The number of fused-ring (bicyclic) bond motifs is 1. The quantitative estimate of drug-likeness (QED) is 0.703. The molecule has 1 amide bonds. The van der Waals surface area contributed by atoms with E-state index in [9.17, 15) is 4.79 Å². The number of benzene rings is 2. The van der Waals surface area contributed by atoms with Crippen molar-refractivity contribution in [3.63, 3.8) is 0 Å². The molecule has 0 fully saturated rings. The van der Waals surface area contributed by atoms with E-state index in [1.807, 2.05) is 32.0 Å². The second-order valence-corrected chi connectivity index (χ2v) is 5.48. The van der Waals surface area contributed by atoms with Crippen LogP contribution in [0.25, 0.3) is 11.0 Å². The third-order valence-corrected chi connectivity index (χ3v) is 3.74. The van der Waals surface area contributed by atoms with Crippen LogP contribution in [-0.2, 0) is 0 Å². The van der Waals surface area contributed by atoms with Gasteiger partial charge in [0.15, 0.2) is 11.3 Å². The van der Waals surface area contributed by atoms with Gasteiger partial charge >= 0.3 is 0 Å². The molecule has 26 heavy (non-hydrogen) atoms. The zero-order valence-corrected chi connectivity index (χ0v) is 14.7. The van der Waals surface area contributed by atoms with Crippen molar-refractivity contribution in [1.29, 1.82) is 5.41 Å². The molecule has 0 bridgehead atoms. The lowest BCUT2D eigenvalue weighted by molar-refractivity contribution is 0.102. The zero-order chi connectivity index (χ0) is 18.5. The van der Waals surface area contributed by atoms with Crippen LogP contribution >= 0.6 is 0 Å². The number of ether oxygens (including phenoxy) is 2. The maximum Gasteiger partial charge on any atom is 0.261 e. The Balaban J connectivity index is 1.97. The van der Waals surface area contributed by atoms with Gasteiger partial charge in [0, 0.05) is 5.39 Å². The number of nitrogens with one attached hydrogen (secondary N) is 2. The molecule has 6 heteroatoms. The maximum atomic E-state index is 12.7. The Morgan fingerprint density at radius 3 is 2.50 bits per heavy atom. The molecule has 0 atom stereocenters. The van der Waals surface area contributed by atoms with Crippen LogP contribution in [0.5, 0.6) is 11.5 Å². The fraction of sp³-hybridized carbons (Fsp3) is 0.200. The molecule has 0 aliphatic rings. The minimum absolute atomic E-state index is 0.137. The monoisotopic (exact) mass is 352 g/mol. The van der Waals surface area contributed by atoms with Crippen LogP contribution in [0.15, 0.2) is 52.9 Å². The summed E-state index contributed by atoms with van der Waals surface area (Å²) in [7, 11) is 0. The molecule has 0 saturated heterocycles. The van der Waals surface area contributed by atoms with Crippen molar-refractivity contribution >= 4 is 22.6 Å². The van der Waals surface area contributed by atoms with Crippen LogP contribution in [0.4, 0.5) is 5.69 Å². The predicted octanol–water partition coefficient (Wildman–Crippen LogP) is 3.96. The highest BCUT2D eigenvalue weighted by Gasteiger charge is 2.15. The van der Waals surface area contributed by atoms with Crippen molar-refractivity contribution in [2.24, 2.45) is 0 Å². The molecule has 3 aromatic rings. The number of anilines is 1. The average Bonchev–Trinajstić information content (AvgIpc) is 2.64. The van der Waals surface area contributed by atoms with Crippen molar-refractivity contribution in [2.75, 3.05) is 18.5 Å². The SMILES string of the molecule is CCOc1ccccc1NC(=O)c1cc2cccc(OCC)c2oc1=N. The Morgan fingerprint density at radius 1 is 1.04 bits per heavy atom. The van der Waals surface area contributed by atoms with E-state index in [1.165, 1.54) is 0 Å². The lowest BCUT2D eigenvalue weighted by atomic mass is 10.1. The molecule has 0 radical (unpaired) electrons. The smallest absolute Gasteiger partial charge is 0.261 e. The first kappa shape index (κ1) is 17.5. The lowest BCUT2D eigenvalue weighted by Crippen LogP contribution is -2.21. The summed E-state index contributed by atoms with van der Waals surface area (Å²) in [6.07, 6.45) is 0. The number of para-hydroxylation sites is 3. The number of carbonyl (C=O) groups excluding carboxylic acids is 1. The third kappa shape index (κ3) is 3.54. The summed E-state index contributed by atoms with van der Waals surface area (Å²) in [6, 6.07) is 14.2. The summed E-state index contributed by atoms with van der Waals surface area (Å²) < 4.78 is 16.6. The molecule has 0 aliphatic heterocycles. The minimum atomic E-state index is -0.436. The van der Waals surface area contributed by atoms with E-state index in [0.29, 0.717) is 41.4 Å². The number of hydrogen-bond donors (Lipinski definition) is 2. The van der Waals surface area contributed by atoms with Gasteiger partial charge in [-0.3, -0.25) is 10.2 Å². The molecule has 1 aromatic heterocycles. The molecular formula is C20H20N2O4. The molecule has 0 saturated carbocycles. The number of rotatable bonds is 6. The van der Waals surface area contributed by atoms with E-state index in [2.05, 4.69) is 5.32 Å². The van der Waals surface area contributed by atoms with Crippen LogP contribution in [0.1, 0.15) is 24.2 Å². The van der Waals surface area contributed by atoms with Crippen LogP contribution in [0.3, 0.4) is 0 Å². The summed E-state index contributed by atoms with van der Waals surface area (Å²) in [4.78, 5) is 12.7. The molecule has 1 heterocycles. The van der Waals surface area contributed by atoms with Crippen molar-refractivity contribution in [3.05, 3.63) is 59.6 Å². The molecular weight excluding hydrogens is 332 g/mol. The first-order valence-electron chi connectivity index (χ1n) is 8.41. The van der Waals surface area contributed by atoms with Gasteiger partial charge in [-0.05, 0) is 38.1 Å². The van der Waals surface area contributed by atoms with E-state index in [0.717, 1.165) is 0 Å². The lowest BCUT2D eigenvalue weighted by Gasteiger charge is -2.12. The first-order chi connectivity index (χ1) is 12.6. The highest BCUT2D eigenvalue weighted by Crippen LogP contribution is 2.26. The Hall–Kier alpha value is -3.28. The predicted molar refractivity (Wildman–Crippen MR) is 98.8 cm³/mol. The maximum absolute atomic E-state index is 12.7. The van der Waals surface area contributed by atoms with E-state index < -0.39 is 5.91 Å². The Bertz CT molecular complexity index is 995. The number of hydrogen-bond acceptors (Lipinski definition) is 5. The van der Waals surface area contributed by atoms with Crippen molar-refractivity contribution in [2.45, 2.75) is 13.8 Å². The van der Waals surface area contributed by atoms with Gasteiger partial charge in [-0.15, -0.1) is 0 Å². The van der Waals surface area contributed by atoms with E-state index in [-0.39, 0.29) is 11.1 Å². The fourth-order valence-electron chi connectivity index (χ4n) is 2.61. The van der Waals surface area contributed by atoms with Gasteiger partial charge in [0.25, 0.3) is 5.91 Å². The van der Waals surface area contributed by atoms with Crippen LogP contribution in [-0.4, -0.2) is 19.1 Å².